The number of hydrogen-bond donors (Lipinski definition) is 1. The Hall–Kier alpha value is -3.00. The van der Waals surface area contributed by atoms with Crippen LogP contribution in [0.4, 0.5) is 4.79 Å². The molecule has 2 aromatic rings. The molecule has 1 N–H and O–H groups in total. The van der Waals surface area contributed by atoms with Crippen LogP contribution in [-0.2, 0) is 22.4 Å². The Balaban J connectivity index is 1.28. The molecule has 8 heteroatoms. The highest BCUT2D eigenvalue weighted by Crippen LogP contribution is 2.31. The van der Waals surface area contributed by atoms with Crippen LogP contribution in [0, 0.1) is 0 Å². The fourth-order valence-electron chi connectivity index (χ4n) is 3.42. The van der Waals surface area contributed by atoms with Crippen LogP contribution in [0.25, 0.3) is 0 Å². The van der Waals surface area contributed by atoms with Crippen molar-refractivity contribution >= 4 is 28.9 Å². The Morgan fingerprint density at radius 1 is 1.17 bits per heavy atom. The summed E-state index contributed by atoms with van der Waals surface area (Å²) < 4.78 is 17.0. The molecule has 0 bridgehead atoms. The third-order valence-corrected chi connectivity index (χ3v) is 5.85. The van der Waals surface area contributed by atoms with Gasteiger partial charge in [0.15, 0.2) is 0 Å². The maximum absolute atomic E-state index is 11.7. The maximum atomic E-state index is 11.7. The number of aryl methyl sites for hydroxylation is 1. The van der Waals surface area contributed by atoms with Gasteiger partial charge in [0.2, 0.25) is 5.91 Å². The predicted octanol–water partition coefficient (Wildman–Crippen LogP) is 3.28. The lowest BCUT2D eigenvalue weighted by atomic mass is 10.0. The number of ether oxygens (including phenoxy) is 3. The molecular formula is C22H21NO6S. The average molecular weight is 427 g/mol. The van der Waals surface area contributed by atoms with Crippen LogP contribution in [0.3, 0.4) is 0 Å². The third-order valence-electron chi connectivity index (χ3n) is 4.87. The summed E-state index contributed by atoms with van der Waals surface area (Å²) in [6.07, 6.45) is 2.05. The number of rotatable bonds is 6. The highest BCUT2D eigenvalue weighted by molar-refractivity contribution is 8.15. The summed E-state index contributed by atoms with van der Waals surface area (Å²) in [6, 6.07) is 12.9. The Morgan fingerprint density at radius 3 is 2.63 bits per heavy atom. The molecule has 1 fully saturated rings. The number of esters is 1. The van der Waals surface area contributed by atoms with Crippen LogP contribution >= 0.6 is 11.8 Å². The van der Waals surface area contributed by atoms with Gasteiger partial charge in [-0.3, -0.25) is 19.7 Å². The number of fused-ring (bicyclic) bond motifs is 1. The van der Waals surface area contributed by atoms with Gasteiger partial charge in [-0.15, -0.1) is 0 Å². The maximum Gasteiger partial charge on any atom is 0.308 e. The van der Waals surface area contributed by atoms with Gasteiger partial charge < -0.3 is 14.2 Å². The fourth-order valence-corrected chi connectivity index (χ4v) is 4.28. The standard InChI is InChI=1S/C22H21NO6S/c1-13(24)28-17-8-9-19-15(11-17)4-7-18(29-19)12-27-16-5-2-14(3-6-16)10-20-21(25)23-22(26)30-20/h2-3,5-6,8-9,11,18,20H,4,7,10,12H2,1H3,(H,23,25,26). The number of imide groups is 1. The van der Waals surface area contributed by atoms with Crippen molar-refractivity contribution in [1.29, 1.82) is 0 Å². The van der Waals surface area contributed by atoms with E-state index >= 15 is 0 Å². The first-order chi connectivity index (χ1) is 14.5. The molecule has 2 amide bonds. The van der Waals surface area contributed by atoms with Gasteiger partial charge in [-0.2, -0.15) is 0 Å². The average Bonchev–Trinajstić information content (AvgIpc) is 3.03. The topological polar surface area (TPSA) is 90.9 Å². The number of nitrogens with one attached hydrogen (secondary N) is 1. The van der Waals surface area contributed by atoms with E-state index in [-0.39, 0.29) is 28.5 Å². The molecular weight excluding hydrogens is 406 g/mol. The second-order valence-electron chi connectivity index (χ2n) is 7.18. The van der Waals surface area contributed by atoms with Crippen molar-refractivity contribution < 1.29 is 28.6 Å². The highest BCUT2D eigenvalue weighted by Gasteiger charge is 2.31. The van der Waals surface area contributed by atoms with E-state index in [1.54, 1.807) is 6.07 Å². The lowest BCUT2D eigenvalue weighted by Gasteiger charge is -2.26. The molecule has 4 rings (SSSR count). The summed E-state index contributed by atoms with van der Waals surface area (Å²) >= 11 is 1.03. The SMILES string of the molecule is CC(=O)Oc1ccc2c(c1)CCC(COc1ccc(CC3SC(=O)NC3=O)cc1)O2. The van der Waals surface area contributed by atoms with Gasteiger partial charge in [-0.25, -0.2) is 0 Å². The Kier molecular flexibility index (Phi) is 5.94. The molecule has 156 valence electrons. The van der Waals surface area contributed by atoms with Crippen LogP contribution < -0.4 is 19.5 Å². The number of hydrogen-bond acceptors (Lipinski definition) is 7. The molecule has 0 saturated carbocycles. The Labute approximate surface area is 178 Å². The summed E-state index contributed by atoms with van der Waals surface area (Å²) in [5.74, 6) is 1.45. The van der Waals surface area contributed by atoms with Gasteiger partial charge >= 0.3 is 5.97 Å². The number of carbonyl (C=O) groups excluding carboxylic acids is 3. The molecule has 2 atom stereocenters. The van der Waals surface area contributed by atoms with Gasteiger partial charge in [-0.1, -0.05) is 23.9 Å². The van der Waals surface area contributed by atoms with Crippen molar-refractivity contribution in [3.63, 3.8) is 0 Å². The number of amides is 2. The lowest BCUT2D eigenvalue weighted by molar-refractivity contribution is -0.131. The molecule has 1 saturated heterocycles. The predicted molar refractivity (Wildman–Crippen MR) is 111 cm³/mol. The van der Waals surface area contributed by atoms with E-state index in [9.17, 15) is 14.4 Å². The minimum atomic E-state index is -0.374. The summed E-state index contributed by atoms with van der Waals surface area (Å²) in [5, 5.41) is 1.63. The third kappa shape index (κ3) is 4.94. The van der Waals surface area contributed by atoms with Crippen molar-refractivity contribution in [2.45, 2.75) is 37.5 Å². The van der Waals surface area contributed by atoms with E-state index in [1.165, 1.54) is 6.92 Å². The molecule has 2 heterocycles. The quantitative estimate of drug-likeness (QED) is 0.559. The lowest BCUT2D eigenvalue weighted by Crippen LogP contribution is -2.29. The molecule has 2 aliphatic rings. The summed E-state index contributed by atoms with van der Waals surface area (Å²) in [5.41, 5.74) is 1.98. The first-order valence-corrected chi connectivity index (χ1v) is 10.6. The van der Waals surface area contributed by atoms with E-state index in [0.717, 1.165) is 47.2 Å². The van der Waals surface area contributed by atoms with Gasteiger partial charge in [0.1, 0.15) is 30.0 Å². The zero-order valence-corrected chi connectivity index (χ0v) is 17.2. The van der Waals surface area contributed by atoms with Gasteiger partial charge in [0, 0.05) is 6.92 Å². The van der Waals surface area contributed by atoms with Crippen molar-refractivity contribution in [2.75, 3.05) is 6.61 Å². The first kappa shape index (κ1) is 20.3. The van der Waals surface area contributed by atoms with Gasteiger partial charge in [-0.05, 0) is 60.7 Å². The number of carbonyl (C=O) groups is 3. The Morgan fingerprint density at radius 2 is 1.93 bits per heavy atom. The Bertz CT molecular complexity index is 974. The van der Waals surface area contributed by atoms with Crippen LogP contribution in [0.2, 0.25) is 0 Å². The van der Waals surface area contributed by atoms with E-state index in [0.29, 0.717) is 18.8 Å². The summed E-state index contributed by atoms with van der Waals surface area (Å²) in [7, 11) is 0. The van der Waals surface area contributed by atoms with E-state index in [1.807, 2.05) is 36.4 Å². The largest absolute Gasteiger partial charge is 0.490 e. The second kappa shape index (κ2) is 8.79. The van der Waals surface area contributed by atoms with Gasteiger partial charge in [0.25, 0.3) is 5.24 Å². The fraction of sp³-hybridized carbons (Fsp3) is 0.318. The molecule has 0 aromatic heterocycles. The molecule has 2 aromatic carbocycles. The molecule has 7 nitrogen and oxygen atoms in total. The monoisotopic (exact) mass is 427 g/mol. The molecule has 0 spiro atoms. The van der Waals surface area contributed by atoms with Crippen molar-refractivity contribution in [3.05, 3.63) is 53.6 Å². The van der Waals surface area contributed by atoms with E-state index < -0.39 is 0 Å². The second-order valence-corrected chi connectivity index (χ2v) is 8.36. The van der Waals surface area contributed by atoms with Crippen LogP contribution in [0.15, 0.2) is 42.5 Å². The molecule has 2 aliphatic heterocycles. The molecule has 30 heavy (non-hydrogen) atoms. The summed E-state index contributed by atoms with van der Waals surface area (Å²) in [6.45, 7) is 1.79. The molecule has 2 unspecified atom stereocenters. The van der Waals surface area contributed by atoms with Crippen molar-refractivity contribution in [2.24, 2.45) is 0 Å². The number of benzene rings is 2. The minimum Gasteiger partial charge on any atom is -0.490 e. The zero-order chi connectivity index (χ0) is 21.1. The van der Waals surface area contributed by atoms with Crippen LogP contribution in [-0.4, -0.2) is 35.1 Å². The van der Waals surface area contributed by atoms with Crippen molar-refractivity contribution in [1.82, 2.24) is 5.32 Å². The van der Waals surface area contributed by atoms with Crippen molar-refractivity contribution in [3.8, 4) is 17.2 Å². The normalized spacial score (nSPS) is 20.2. The number of thioether (sulfide) groups is 1. The zero-order valence-electron chi connectivity index (χ0n) is 16.4. The first-order valence-electron chi connectivity index (χ1n) is 9.67. The molecule has 0 radical (unpaired) electrons. The minimum absolute atomic E-state index is 0.0682. The highest BCUT2D eigenvalue weighted by atomic mass is 32.2. The van der Waals surface area contributed by atoms with Gasteiger partial charge in [0.05, 0.1) is 5.25 Å². The van der Waals surface area contributed by atoms with Crippen LogP contribution in [0.5, 0.6) is 17.2 Å². The van der Waals surface area contributed by atoms with E-state index in [2.05, 4.69) is 5.32 Å². The van der Waals surface area contributed by atoms with Crippen LogP contribution in [0.1, 0.15) is 24.5 Å². The smallest absolute Gasteiger partial charge is 0.308 e. The van der Waals surface area contributed by atoms with E-state index in [4.69, 9.17) is 14.2 Å². The summed E-state index contributed by atoms with van der Waals surface area (Å²) in [4.78, 5) is 34.0. The molecule has 0 aliphatic carbocycles.